The molecule has 116 valence electrons. The molecule has 0 fully saturated rings. The number of hydrogen-bond acceptors (Lipinski definition) is 4. The van der Waals surface area contributed by atoms with Crippen LogP contribution < -0.4 is 10.1 Å². The summed E-state index contributed by atoms with van der Waals surface area (Å²) in [7, 11) is 1.51. The normalized spacial score (nSPS) is 11.7. The summed E-state index contributed by atoms with van der Waals surface area (Å²) >= 11 is 1.32. The standard InChI is InChI=1S/C16H17NO4S/c1-10(8-14(18)19)17-16(20)15-12(21-2)9-13(22-15)11-6-4-3-5-7-11/h3-7,9-10H,8H2,1-2H3,(H,17,20)(H,18,19). The molecule has 2 aromatic rings. The third-order valence-electron chi connectivity index (χ3n) is 3.04. The highest BCUT2D eigenvalue weighted by molar-refractivity contribution is 7.17. The van der Waals surface area contributed by atoms with Crippen molar-refractivity contribution in [1.82, 2.24) is 5.32 Å². The largest absolute Gasteiger partial charge is 0.495 e. The summed E-state index contributed by atoms with van der Waals surface area (Å²) in [6.45, 7) is 1.66. The molecule has 0 aliphatic heterocycles. The van der Waals surface area contributed by atoms with E-state index in [1.807, 2.05) is 36.4 Å². The van der Waals surface area contributed by atoms with Gasteiger partial charge in [0.25, 0.3) is 5.91 Å². The van der Waals surface area contributed by atoms with E-state index in [1.54, 1.807) is 6.92 Å². The van der Waals surface area contributed by atoms with Gasteiger partial charge < -0.3 is 15.2 Å². The lowest BCUT2D eigenvalue weighted by Gasteiger charge is -2.11. The van der Waals surface area contributed by atoms with Crippen LogP contribution in [0, 0.1) is 0 Å². The first-order valence-corrected chi connectivity index (χ1v) is 7.58. The van der Waals surface area contributed by atoms with Crippen LogP contribution in [0.5, 0.6) is 5.75 Å². The second-order valence-electron chi connectivity index (χ2n) is 4.85. The Kier molecular flexibility index (Phi) is 5.16. The number of nitrogens with one attached hydrogen (secondary N) is 1. The van der Waals surface area contributed by atoms with E-state index < -0.39 is 12.0 Å². The number of amides is 1. The Morgan fingerprint density at radius 3 is 2.59 bits per heavy atom. The first kappa shape index (κ1) is 16.0. The van der Waals surface area contributed by atoms with Gasteiger partial charge in [0.05, 0.1) is 13.5 Å². The Balaban J connectivity index is 2.21. The van der Waals surface area contributed by atoms with Crippen molar-refractivity contribution in [3.8, 4) is 16.2 Å². The van der Waals surface area contributed by atoms with Crippen LogP contribution in [-0.4, -0.2) is 30.1 Å². The van der Waals surface area contributed by atoms with Crippen LogP contribution >= 0.6 is 11.3 Å². The maximum Gasteiger partial charge on any atom is 0.305 e. The second kappa shape index (κ2) is 7.09. The van der Waals surface area contributed by atoms with Crippen molar-refractivity contribution >= 4 is 23.2 Å². The van der Waals surface area contributed by atoms with E-state index in [2.05, 4.69) is 5.32 Å². The van der Waals surface area contributed by atoms with Crippen molar-refractivity contribution in [3.63, 3.8) is 0 Å². The molecular formula is C16H17NO4S. The Hall–Kier alpha value is -2.34. The molecule has 1 amide bonds. The van der Waals surface area contributed by atoms with E-state index in [0.717, 1.165) is 10.4 Å². The van der Waals surface area contributed by atoms with Gasteiger partial charge in [0, 0.05) is 10.9 Å². The van der Waals surface area contributed by atoms with Crippen molar-refractivity contribution in [3.05, 3.63) is 41.3 Å². The van der Waals surface area contributed by atoms with Crippen LogP contribution in [-0.2, 0) is 4.79 Å². The Morgan fingerprint density at radius 2 is 2.00 bits per heavy atom. The first-order valence-electron chi connectivity index (χ1n) is 6.77. The van der Waals surface area contributed by atoms with E-state index in [-0.39, 0.29) is 12.3 Å². The highest BCUT2D eigenvalue weighted by Gasteiger charge is 2.20. The van der Waals surface area contributed by atoms with Gasteiger partial charge in [-0.25, -0.2) is 0 Å². The van der Waals surface area contributed by atoms with Gasteiger partial charge in [-0.2, -0.15) is 0 Å². The number of carbonyl (C=O) groups is 2. The minimum absolute atomic E-state index is 0.120. The zero-order chi connectivity index (χ0) is 16.1. The number of benzene rings is 1. The van der Waals surface area contributed by atoms with Crippen LogP contribution in [0.2, 0.25) is 0 Å². The molecule has 1 aromatic heterocycles. The fraction of sp³-hybridized carbons (Fsp3) is 0.250. The topological polar surface area (TPSA) is 75.6 Å². The molecule has 0 saturated heterocycles. The molecule has 1 unspecified atom stereocenters. The maximum absolute atomic E-state index is 12.3. The maximum atomic E-state index is 12.3. The van der Waals surface area contributed by atoms with E-state index >= 15 is 0 Å². The summed E-state index contributed by atoms with van der Waals surface area (Å²) in [6.07, 6.45) is -0.120. The Labute approximate surface area is 132 Å². The fourth-order valence-corrected chi connectivity index (χ4v) is 3.07. The summed E-state index contributed by atoms with van der Waals surface area (Å²) in [5.41, 5.74) is 1.00. The molecule has 0 aliphatic carbocycles. The quantitative estimate of drug-likeness (QED) is 0.858. The predicted octanol–water partition coefficient (Wildman–Crippen LogP) is 3.02. The molecule has 0 bridgehead atoms. The van der Waals surface area contributed by atoms with Crippen LogP contribution in [0.15, 0.2) is 36.4 Å². The monoisotopic (exact) mass is 319 g/mol. The number of aliphatic carboxylic acids is 1. The van der Waals surface area contributed by atoms with Crippen LogP contribution in [0.1, 0.15) is 23.0 Å². The van der Waals surface area contributed by atoms with Gasteiger partial charge in [0.15, 0.2) is 0 Å². The number of methoxy groups -OCH3 is 1. The molecule has 22 heavy (non-hydrogen) atoms. The van der Waals surface area contributed by atoms with Crippen molar-refractivity contribution in [2.75, 3.05) is 7.11 Å². The molecule has 0 radical (unpaired) electrons. The van der Waals surface area contributed by atoms with Crippen molar-refractivity contribution in [2.24, 2.45) is 0 Å². The SMILES string of the molecule is COc1cc(-c2ccccc2)sc1C(=O)NC(C)CC(=O)O. The number of thiophene rings is 1. The molecule has 0 aliphatic rings. The lowest BCUT2D eigenvalue weighted by Crippen LogP contribution is -2.33. The number of carboxylic acids is 1. The lowest BCUT2D eigenvalue weighted by atomic mass is 10.2. The molecule has 1 atom stereocenters. The van der Waals surface area contributed by atoms with Gasteiger partial charge in [-0.1, -0.05) is 30.3 Å². The molecule has 1 aromatic carbocycles. The van der Waals surface area contributed by atoms with Crippen molar-refractivity contribution < 1.29 is 19.4 Å². The molecule has 0 spiro atoms. The summed E-state index contributed by atoms with van der Waals surface area (Å²) in [6, 6.07) is 11.1. The zero-order valence-corrected chi connectivity index (χ0v) is 13.1. The fourth-order valence-electron chi connectivity index (χ4n) is 2.03. The van der Waals surface area contributed by atoms with Crippen LogP contribution in [0.4, 0.5) is 0 Å². The van der Waals surface area contributed by atoms with Gasteiger partial charge in [-0.3, -0.25) is 9.59 Å². The average molecular weight is 319 g/mol. The summed E-state index contributed by atoms with van der Waals surface area (Å²) < 4.78 is 5.26. The van der Waals surface area contributed by atoms with E-state index in [4.69, 9.17) is 9.84 Å². The number of carboxylic acid groups (broad SMARTS) is 1. The number of rotatable bonds is 6. The van der Waals surface area contributed by atoms with Crippen LogP contribution in [0.3, 0.4) is 0 Å². The van der Waals surface area contributed by atoms with Gasteiger partial charge in [-0.15, -0.1) is 11.3 Å². The minimum Gasteiger partial charge on any atom is -0.495 e. The molecule has 5 nitrogen and oxygen atoms in total. The molecule has 2 rings (SSSR count). The van der Waals surface area contributed by atoms with E-state index in [9.17, 15) is 9.59 Å². The molecular weight excluding hydrogens is 302 g/mol. The lowest BCUT2D eigenvalue weighted by molar-refractivity contribution is -0.137. The van der Waals surface area contributed by atoms with E-state index in [0.29, 0.717) is 10.6 Å². The molecule has 1 heterocycles. The minimum atomic E-state index is -0.948. The van der Waals surface area contributed by atoms with Gasteiger partial charge in [-0.05, 0) is 18.6 Å². The second-order valence-corrected chi connectivity index (χ2v) is 5.90. The summed E-state index contributed by atoms with van der Waals surface area (Å²) in [4.78, 5) is 24.3. The molecule has 2 N–H and O–H groups in total. The van der Waals surface area contributed by atoms with E-state index in [1.165, 1.54) is 18.4 Å². The third kappa shape index (κ3) is 3.85. The van der Waals surface area contributed by atoms with Crippen molar-refractivity contribution in [1.29, 1.82) is 0 Å². The third-order valence-corrected chi connectivity index (χ3v) is 4.20. The summed E-state index contributed by atoms with van der Waals surface area (Å²) in [5, 5.41) is 11.4. The molecule has 6 heteroatoms. The van der Waals surface area contributed by atoms with Crippen LogP contribution in [0.25, 0.3) is 10.4 Å². The average Bonchev–Trinajstić information content (AvgIpc) is 2.91. The smallest absolute Gasteiger partial charge is 0.305 e. The predicted molar refractivity (Wildman–Crippen MR) is 85.5 cm³/mol. The van der Waals surface area contributed by atoms with Gasteiger partial charge in [0.1, 0.15) is 10.6 Å². The number of hydrogen-bond donors (Lipinski definition) is 2. The summed E-state index contributed by atoms with van der Waals surface area (Å²) in [5.74, 6) is -0.780. The van der Waals surface area contributed by atoms with Gasteiger partial charge >= 0.3 is 5.97 Å². The first-order chi connectivity index (χ1) is 10.5. The number of ether oxygens (including phenoxy) is 1. The Morgan fingerprint density at radius 1 is 1.32 bits per heavy atom. The Bertz CT molecular complexity index is 666. The van der Waals surface area contributed by atoms with Crippen molar-refractivity contribution in [2.45, 2.75) is 19.4 Å². The molecule has 0 saturated carbocycles. The van der Waals surface area contributed by atoms with Gasteiger partial charge in [0.2, 0.25) is 0 Å². The highest BCUT2D eigenvalue weighted by Crippen LogP contribution is 2.36. The number of carbonyl (C=O) groups excluding carboxylic acids is 1. The zero-order valence-electron chi connectivity index (χ0n) is 12.3. The highest BCUT2D eigenvalue weighted by atomic mass is 32.1.